The Bertz CT molecular complexity index is 856. The second-order valence-electron chi connectivity index (χ2n) is 5.44. The Kier molecular flexibility index (Phi) is 3.80. The number of nitriles is 2. The molecule has 2 atom stereocenters. The van der Waals surface area contributed by atoms with Crippen molar-refractivity contribution in [3.63, 3.8) is 0 Å². The number of hydrogen-bond acceptors (Lipinski definition) is 6. The summed E-state index contributed by atoms with van der Waals surface area (Å²) in [7, 11) is 0. The molecular formula is C16H12N6O2. The number of hydrazone groups is 1. The van der Waals surface area contributed by atoms with Gasteiger partial charge in [0.15, 0.2) is 5.92 Å². The summed E-state index contributed by atoms with van der Waals surface area (Å²) in [6.07, 6.45) is 0.165. The molecule has 2 aliphatic heterocycles. The Hall–Kier alpha value is -3.52. The third-order valence-electron chi connectivity index (χ3n) is 3.73. The Labute approximate surface area is 137 Å². The van der Waals surface area contributed by atoms with Crippen LogP contribution >= 0.6 is 0 Å². The highest BCUT2D eigenvalue weighted by molar-refractivity contribution is 6.14. The molecule has 3 rings (SSSR count). The number of amides is 2. The summed E-state index contributed by atoms with van der Waals surface area (Å²) < 4.78 is 0. The van der Waals surface area contributed by atoms with Crippen molar-refractivity contribution in [3.8, 4) is 12.1 Å². The van der Waals surface area contributed by atoms with Gasteiger partial charge in [-0.2, -0.15) is 20.6 Å². The number of carbonyl (C=O) groups excluding carboxylic acids is 2. The molecule has 1 N–H and O–H groups in total. The van der Waals surface area contributed by atoms with Crippen LogP contribution in [0.5, 0.6) is 0 Å². The molecule has 118 valence electrons. The molecule has 8 nitrogen and oxygen atoms in total. The molecule has 8 heteroatoms. The number of nitrogens with one attached hydrogen (secondary N) is 1. The first kappa shape index (κ1) is 15.4. The van der Waals surface area contributed by atoms with E-state index in [1.165, 1.54) is 0 Å². The second kappa shape index (κ2) is 5.94. The molecule has 2 unspecified atom stereocenters. The van der Waals surface area contributed by atoms with Crippen LogP contribution in [0.4, 0.5) is 0 Å². The van der Waals surface area contributed by atoms with Crippen LogP contribution in [-0.2, 0) is 9.59 Å². The van der Waals surface area contributed by atoms with E-state index in [2.05, 4.69) is 15.4 Å². The number of aliphatic imine (C=N–C) groups is 1. The molecule has 2 aliphatic rings. The minimum atomic E-state index is -1.02. The standard InChI is InChI=1S/C16H12N6O2/c1-9-6-13(23)22(21-9)16-19-14(12(8-18)15(24)20-16)11-4-2-10(7-17)3-5-11/h2-5,12,14H,6H2,1H3,(H,19,20,24). The summed E-state index contributed by atoms with van der Waals surface area (Å²) in [4.78, 5) is 28.5. The van der Waals surface area contributed by atoms with E-state index in [9.17, 15) is 14.9 Å². The van der Waals surface area contributed by atoms with E-state index in [-0.39, 0.29) is 18.3 Å². The van der Waals surface area contributed by atoms with E-state index in [4.69, 9.17) is 5.26 Å². The quantitative estimate of drug-likeness (QED) is 0.823. The highest BCUT2D eigenvalue weighted by atomic mass is 16.2. The Morgan fingerprint density at radius 1 is 1.25 bits per heavy atom. The first-order chi connectivity index (χ1) is 11.5. The van der Waals surface area contributed by atoms with E-state index in [0.29, 0.717) is 16.8 Å². The molecule has 0 aromatic heterocycles. The lowest BCUT2D eigenvalue weighted by molar-refractivity contribution is -0.126. The van der Waals surface area contributed by atoms with Crippen LogP contribution in [0.1, 0.15) is 30.5 Å². The van der Waals surface area contributed by atoms with Crippen molar-refractivity contribution in [1.82, 2.24) is 10.3 Å². The molecule has 24 heavy (non-hydrogen) atoms. The van der Waals surface area contributed by atoms with E-state index in [1.807, 2.05) is 12.1 Å². The fourth-order valence-electron chi connectivity index (χ4n) is 2.55. The van der Waals surface area contributed by atoms with Gasteiger partial charge in [-0.3, -0.25) is 14.9 Å². The maximum absolute atomic E-state index is 12.2. The van der Waals surface area contributed by atoms with Gasteiger partial charge in [0.05, 0.1) is 24.1 Å². The summed E-state index contributed by atoms with van der Waals surface area (Å²) in [5.41, 5.74) is 1.70. The van der Waals surface area contributed by atoms with Gasteiger partial charge in [0.25, 0.3) is 5.91 Å². The van der Waals surface area contributed by atoms with Gasteiger partial charge in [-0.1, -0.05) is 12.1 Å². The maximum Gasteiger partial charge on any atom is 0.255 e. The van der Waals surface area contributed by atoms with Crippen molar-refractivity contribution < 1.29 is 9.59 Å². The zero-order valence-electron chi connectivity index (χ0n) is 12.7. The molecular weight excluding hydrogens is 308 g/mol. The minimum absolute atomic E-state index is 0.0164. The lowest BCUT2D eigenvalue weighted by Crippen LogP contribution is -2.49. The molecule has 0 spiro atoms. The van der Waals surface area contributed by atoms with Crippen molar-refractivity contribution in [2.45, 2.75) is 19.4 Å². The second-order valence-corrected chi connectivity index (χ2v) is 5.44. The van der Waals surface area contributed by atoms with Crippen molar-refractivity contribution >= 4 is 23.5 Å². The minimum Gasteiger partial charge on any atom is -0.293 e. The largest absolute Gasteiger partial charge is 0.293 e. The average molecular weight is 320 g/mol. The van der Waals surface area contributed by atoms with Crippen LogP contribution in [0, 0.1) is 28.6 Å². The van der Waals surface area contributed by atoms with Crippen LogP contribution in [-0.4, -0.2) is 28.5 Å². The molecule has 0 aliphatic carbocycles. The fraction of sp³-hybridized carbons (Fsp3) is 0.250. The third kappa shape index (κ3) is 2.61. The Morgan fingerprint density at radius 3 is 2.50 bits per heavy atom. The highest BCUT2D eigenvalue weighted by Crippen LogP contribution is 2.30. The summed E-state index contributed by atoms with van der Waals surface area (Å²) in [5, 5.41) is 25.7. The normalized spacial score (nSPS) is 23.0. The first-order valence-electron chi connectivity index (χ1n) is 7.19. The molecule has 2 heterocycles. The lowest BCUT2D eigenvalue weighted by atomic mass is 9.92. The molecule has 0 bridgehead atoms. The monoisotopic (exact) mass is 320 g/mol. The van der Waals surface area contributed by atoms with Crippen LogP contribution in [0.2, 0.25) is 0 Å². The molecule has 2 amide bonds. The Morgan fingerprint density at radius 2 is 1.96 bits per heavy atom. The summed E-state index contributed by atoms with van der Waals surface area (Å²) >= 11 is 0. The summed E-state index contributed by atoms with van der Waals surface area (Å²) in [5.74, 6) is -1.84. The van der Waals surface area contributed by atoms with Gasteiger partial charge >= 0.3 is 0 Å². The maximum atomic E-state index is 12.2. The van der Waals surface area contributed by atoms with Crippen molar-refractivity contribution in [1.29, 1.82) is 10.5 Å². The van der Waals surface area contributed by atoms with Crippen molar-refractivity contribution in [2.24, 2.45) is 16.0 Å². The molecule has 0 saturated carbocycles. The molecule has 1 aromatic rings. The predicted octanol–water partition coefficient (Wildman–Crippen LogP) is 0.833. The van der Waals surface area contributed by atoms with Crippen LogP contribution in [0.3, 0.4) is 0 Å². The SMILES string of the molecule is CC1=NN(C2=NC(c3ccc(C#N)cc3)C(C#N)C(=O)N2)C(=O)C1. The van der Waals surface area contributed by atoms with Crippen LogP contribution < -0.4 is 5.32 Å². The fourth-order valence-corrected chi connectivity index (χ4v) is 2.55. The topological polar surface area (TPSA) is 122 Å². The third-order valence-corrected chi connectivity index (χ3v) is 3.73. The van der Waals surface area contributed by atoms with Gasteiger partial charge < -0.3 is 0 Å². The van der Waals surface area contributed by atoms with Crippen LogP contribution in [0.15, 0.2) is 34.4 Å². The number of benzene rings is 1. The van der Waals surface area contributed by atoms with Gasteiger partial charge in [0.2, 0.25) is 11.9 Å². The zero-order valence-corrected chi connectivity index (χ0v) is 12.7. The van der Waals surface area contributed by atoms with Crippen LogP contribution in [0.25, 0.3) is 0 Å². The summed E-state index contributed by atoms with van der Waals surface area (Å²) in [6.45, 7) is 1.71. The Balaban J connectivity index is 2.02. The first-order valence-corrected chi connectivity index (χ1v) is 7.19. The number of nitrogens with zero attached hydrogens (tertiary/aromatic N) is 5. The summed E-state index contributed by atoms with van der Waals surface area (Å²) in [6, 6.07) is 9.65. The van der Waals surface area contributed by atoms with Crippen molar-refractivity contribution in [3.05, 3.63) is 35.4 Å². The van der Waals surface area contributed by atoms with Gasteiger partial charge in [0.1, 0.15) is 6.04 Å². The number of hydrogen-bond donors (Lipinski definition) is 1. The van der Waals surface area contributed by atoms with E-state index in [1.54, 1.807) is 31.2 Å². The van der Waals surface area contributed by atoms with E-state index < -0.39 is 17.9 Å². The molecule has 0 fully saturated rings. The smallest absolute Gasteiger partial charge is 0.255 e. The molecule has 0 radical (unpaired) electrons. The lowest BCUT2D eigenvalue weighted by Gasteiger charge is -2.27. The molecule has 0 saturated heterocycles. The van der Waals surface area contributed by atoms with E-state index >= 15 is 0 Å². The van der Waals surface area contributed by atoms with Gasteiger partial charge in [0, 0.05) is 5.71 Å². The number of guanidine groups is 1. The van der Waals surface area contributed by atoms with E-state index in [0.717, 1.165) is 5.01 Å². The van der Waals surface area contributed by atoms with Gasteiger partial charge in [-0.15, -0.1) is 0 Å². The average Bonchev–Trinajstić information content (AvgIpc) is 2.92. The number of rotatable bonds is 1. The van der Waals surface area contributed by atoms with Gasteiger partial charge in [-0.05, 0) is 24.6 Å². The van der Waals surface area contributed by atoms with Gasteiger partial charge in [-0.25, -0.2) is 4.99 Å². The number of carbonyl (C=O) groups is 2. The highest BCUT2D eigenvalue weighted by Gasteiger charge is 2.38. The predicted molar refractivity (Wildman–Crippen MR) is 83.2 cm³/mol. The van der Waals surface area contributed by atoms with Crippen molar-refractivity contribution in [2.75, 3.05) is 0 Å². The zero-order chi connectivity index (χ0) is 17.3. The molecule has 1 aromatic carbocycles.